The van der Waals surface area contributed by atoms with Crippen LogP contribution >= 0.6 is 0 Å². The van der Waals surface area contributed by atoms with E-state index in [4.69, 9.17) is 5.73 Å². The number of para-hydroxylation sites is 2. The van der Waals surface area contributed by atoms with E-state index in [1.165, 1.54) is 6.33 Å². The zero-order chi connectivity index (χ0) is 13.0. The third-order valence-electron chi connectivity index (χ3n) is 2.35. The molecule has 0 saturated carbocycles. The summed E-state index contributed by atoms with van der Waals surface area (Å²) in [6.45, 7) is 1.79. The molecule has 6 heteroatoms. The van der Waals surface area contributed by atoms with Crippen molar-refractivity contribution in [1.29, 1.82) is 0 Å². The fourth-order valence-electron chi connectivity index (χ4n) is 1.61. The summed E-state index contributed by atoms with van der Waals surface area (Å²) in [5.74, 6) is -0.113. The Bertz CT molecular complexity index is 521. The monoisotopic (exact) mass is 245 g/mol. The first-order chi connectivity index (χ1) is 8.66. The van der Waals surface area contributed by atoms with Crippen LogP contribution in [0.15, 0.2) is 36.9 Å². The molecule has 1 heterocycles. The number of rotatable bonds is 4. The summed E-state index contributed by atoms with van der Waals surface area (Å²) in [4.78, 5) is 15.6. The summed E-state index contributed by atoms with van der Waals surface area (Å²) in [5.41, 5.74) is 7.05. The molecule has 1 aromatic carbocycles. The molecule has 0 aliphatic heterocycles. The third kappa shape index (κ3) is 2.92. The molecule has 2 aromatic rings. The first kappa shape index (κ1) is 12.3. The van der Waals surface area contributed by atoms with Crippen LogP contribution in [0.5, 0.6) is 0 Å². The minimum atomic E-state index is -0.163. The number of nitrogens with zero attached hydrogens (tertiary/aromatic N) is 3. The van der Waals surface area contributed by atoms with Crippen molar-refractivity contribution in [3.8, 4) is 5.69 Å². The second kappa shape index (κ2) is 5.42. The highest BCUT2D eigenvalue weighted by molar-refractivity contribution is 5.93. The maximum atomic E-state index is 11.7. The van der Waals surface area contributed by atoms with Gasteiger partial charge in [0.2, 0.25) is 5.91 Å². The van der Waals surface area contributed by atoms with Crippen LogP contribution in [0.3, 0.4) is 0 Å². The van der Waals surface area contributed by atoms with Crippen molar-refractivity contribution in [3.05, 3.63) is 36.9 Å². The number of benzene rings is 1. The van der Waals surface area contributed by atoms with Crippen molar-refractivity contribution in [2.75, 3.05) is 5.32 Å². The molecule has 0 radical (unpaired) electrons. The number of amides is 1. The van der Waals surface area contributed by atoms with Crippen LogP contribution in [0.4, 0.5) is 5.69 Å². The summed E-state index contributed by atoms with van der Waals surface area (Å²) < 4.78 is 1.60. The molecule has 0 spiro atoms. The number of hydrogen-bond donors (Lipinski definition) is 2. The molecule has 0 aliphatic carbocycles. The van der Waals surface area contributed by atoms with Gasteiger partial charge in [-0.3, -0.25) is 4.79 Å². The summed E-state index contributed by atoms with van der Waals surface area (Å²) in [5, 5.41) is 6.87. The average molecular weight is 245 g/mol. The highest BCUT2D eigenvalue weighted by atomic mass is 16.1. The van der Waals surface area contributed by atoms with Gasteiger partial charge < -0.3 is 11.1 Å². The number of carbonyl (C=O) groups is 1. The molecule has 0 bridgehead atoms. The zero-order valence-corrected chi connectivity index (χ0v) is 10.1. The van der Waals surface area contributed by atoms with Crippen LogP contribution in [0, 0.1) is 0 Å². The molecule has 0 saturated heterocycles. The minimum absolute atomic E-state index is 0.113. The summed E-state index contributed by atoms with van der Waals surface area (Å²) in [7, 11) is 0. The molecule has 0 fully saturated rings. The first-order valence-corrected chi connectivity index (χ1v) is 5.66. The zero-order valence-electron chi connectivity index (χ0n) is 10.1. The molecule has 1 amide bonds. The van der Waals surface area contributed by atoms with Gasteiger partial charge in [-0.2, -0.15) is 5.10 Å². The second-order valence-electron chi connectivity index (χ2n) is 4.09. The van der Waals surface area contributed by atoms with E-state index in [0.717, 1.165) is 5.69 Å². The normalized spacial score (nSPS) is 12.1. The number of hydrogen-bond acceptors (Lipinski definition) is 4. The first-order valence-electron chi connectivity index (χ1n) is 5.66. The maximum absolute atomic E-state index is 11.7. The molecular formula is C12H15N5O. The van der Waals surface area contributed by atoms with Gasteiger partial charge in [0.15, 0.2) is 0 Å². The van der Waals surface area contributed by atoms with Crippen molar-refractivity contribution < 1.29 is 4.79 Å². The Morgan fingerprint density at radius 2 is 2.28 bits per heavy atom. The van der Waals surface area contributed by atoms with Crippen LogP contribution < -0.4 is 11.1 Å². The molecule has 1 atom stereocenters. The van der Waals surface area contributed by atoms with Crippen LogP contribution in [0.1, 0.15) is 13.3 Å². The SMILES string of the molecule is CC(N)CC(=O)Nc1ccccc1-n1cncn1. The van der Waals surface area contributed by atoms with Gasteiger partial charge in [-0.25, -0.2) is 9.67 Å². The number of nitrogens with two attached hydrogens (primary N) is 1. The fourth-order valence-corrected chi connectivity index (χ4v) is 1.61. The van der Waals surface area contributed by atoms with Crippen molar-refractivity contribution in [2.45, 2.75) is 19.4 Å². The highest BCUT2D eigenvalue weighted by Gasteiger charge is 2.09. The smallest absolute Gasteiger partial charge is 0.225 e. The lowest BCUT2D eigenvalue weighted by molar-refractivity contribution is -0.116. The van der Waals surface area contributed by atoms with Gasteiger partial charge in [0, 0.05) is 12.5 Å². The van der Waals surface area contributed by atoms with Crippen LogP contribution in [-0.4, -0.2) is 26.7 Å². The largest absolute Gasteiger partial charge is 0.327 e. The molecule has 6 nitrogen and oxygen atoms in total. The van der Waals surface area contributed by atoms with Gasteiger partial charge in [0.05, 0.1) is 11.4 Å². The molecule has 94 valence electrons. The van der Waals surface area contributed by atoms with Gasteiger partial charge in [0.1, 0.15) is 12.7 Å². The number of carbonyl (C=O) groups excluding carboxylic acids is 1. The number of aromatic nitrogens is 3. The van der Waals surface area contributed by atoms with E-state index in [0.29, 0.717) is 5.69 Å². The van der Waals surface area contributed by atoms with E-state index in [2.05, 4.69) is 15.4 Å². The Kier molecular flexibility index (Phi) is 3.69. The van der Waals surface area contributed by atoms with E-state index in [9.17, 15) is 4.79 Å². The predicted octanol–water partition coefficient (Wildman–Crippen LogP) is 0.943. The van der Waals surface area contributed by atoms with Crippen molar-refractivity contribution in [1.82, 2.24) is 14.8 Å². The van der Waals surface area contributed by atoms with Crippen LogP contribution in [0.2, 0.25) is 0 Å². The lowest BCUT2D eigenvalue weighted by Gasteiger charge is -2.11. The second-order valence-corrected chi connectivity index (χ2v) is 4.09. The Labute approximate surface area is 105 Å². The fraction of sp³-hybridized carbons (Fsp3) is 0.250. The van der Waals surface area contributed by atoms with E-state index < -0.39 is 0 Å². The van der Waals surface area contributed by atoms with E-state index >= 15 is 0 Å². The van der Waals surface area contributed by atoms with Crippen LogP contribution in [0.25, 0.3) is 5.69 Å². The topological polar surface area (TPSA) is 85.8 Å². The highest BCUT2D eigenvalue weighted by Crippen LogP contribution is 2.18. The van der Waals surface area contributed by atoms with E-state index in [-0.39, 0.29) is 18.4 Å². The van der Waals surface area contributed by atoms with Gasteiger partial charge in [-0.05, 0) is 19.1 Å². The summed E-state index contributed by atoms with van der Waals surface area (Å²) >= 11 is 0. The molecule has 1 unspecified atom stereocenters. The minimum Gasteiger partial charge on any atom is -0.327 e. The van der Waals surface area contributed by atoms with E-state index in [1.54, 1.807) is 17.9 Å². The molecule has 0 aliphatic rings. The Balaban J connectivity index is 2.21. The standard InChI is InChI=1S/C12H15N5O/c1-9(13)6-12(18)16-10-4-2-3-5-11(10)17-8-14-7-15-17/h2-5,7-9H,6,13H2,1H3,(H,16,18). The predicted molar refractivity (Wildman–Crippen MR) is 68.3 cm³/mol. The number of anilines is 1. The summed E-state index contributed by atoms with van der Waals surface area (Å²) in [6, 6.07) is 7.23. The molecule has 3 N–H and O–H groups in total. The van der Waals surface area contributed by atoms with Crippen LogP contribution in [-0.2, 0) is 4.79 Å². The Hall–Kier alpha value is -2.21. The average Bonchev–Trinajstić information content (AvgIpc) is 2.81. The van der Waals surface area contributed by atoms with Crippen molar-refractivity contribution >= 4 is 11.6 Å². The van der Waals surface area contributed by atoms with Gasteiger partial charge in [0.25, 0.3) is 0 Å². The van der Waals surface area contributed by atoms with Gasteiger partial charge in [-0.1, -0.05) is 12.1 Å². The third-order valence-corrected chi connectivity index (χ3v) is 2.35. The lowest BCUT2D eigenvalue weighted by atomic mass is 10.2. The molecule has 18 heavy (non-hydrogen) atoms. The maximum Gasteiger partial charge on any atom is 0.225 e. The van der Waals surface area contributed by atoms with E-state index in [1.807, 2.05) is 24.3 Å². The Morgan fingerprint density at radius 3 is 2.94 bits per heavy atom. The van der Waals surface area contributed by atoms with Gasteiger partial charge >= 0.3 is 0 Å². The molecule has 1 aromatic heterocycles. The summed E-state index contributed by atoms with van der Waals surface area (Å²) in [6.07, 6.45) is 3.31. The van der Waals surface area contributed by atoms with Gasteiger partial charge in [-0.15, -0.1) is 0 Å². The van der Waals surface area contributed by atoms with Crippen molar-refractivity contribution in [2.24, 2.45) is 5.73 Å². The molecular weight excluding hydrogens is 230 g/mol. The quantitative estimate of drug-likeness (QED) is 0.839. The number of nitrogens with one attached hydrogen (secondary N) is 1. The Morgan fingerprint density at radius 1 is 1.50 bits per heavy atom. The molecule has 2 rings (SSSR count). The lowest BCUT2D eigenvalue weighted by Crippen LogP contribution is -2.24. The van der Waals surface area contributed by atoms with Crippen molar-refractivity contribution in [3.63, 3.8) is 0 Å².